The van der Waals surface area contributed by atoms with E-state index in [4.69, 9.17) is 10.5 Å². The molecule has 0 heterocycles. The Kier molecular flexibility index (Phi) is 8.04. The van der Waals surface area contributed by atoms with Gasteiger partial charge in [-0.2, -0.15) is 0 Å². The molecule has 0 aliphatic carbocycles. The van der Waals surface area contributed by atoms with Crippen molar-refractivity contribution in [1.82, 2.24) is 0 Å². The first kappa shape index (κ1) is 15.3. The maximum absolute atomic E-state index is 10.6. The first-order valence-corrected chi connectivity index (χ1v) is 6.46. The summed E-state index contributed by atoms with van der Waals surface area (Å²) in [6, 6.07) is 0. The van der Waals surface area contributed by atoms with Crippen LogP contribution in [0.1, 0.15) is 72.1 Å². The minimum absolute atomic E-state index is 0.407. The fraction of sp³-hybridized carbons (Fsp3) is 0.923. The minimum Gasteiger partial charge on any atom is -0.444 e. The lowest BCUT2D eigenvalue weighted by molar-refractivity contribution is 0.0372. The molecule has 0 rings (SSSR count). The molecule has 0 atom stereocenters. The molecule has 0 radical (unpaired) electrons. The maximum atomic E-state index is 10.6. The summed E-state index contributed by atoms with van der Waals surface area (Å²) in [7, 11) is 0. The molecule has 0 aromatic carbocycles. The third kappa shape index (κ3) is 9.81. The van der Waals surface area contributed by atoms with Crippen molar-refractivity contribution in [3.8, 4) is 0 Å². The van der Waals surface area contributed by atoms with E-state index in [9.17, 15) is 4.79 Å². The van der Waals surface area contributed by atoms with Crippen molar-refractivity contribution < 1.29 is 9.53 Å². The summed E-state index contributed by atoms with van der Waals surface area (Å²) in [6.07, 6.45) is 9.13. The molecule has 0 unspecified atom stereocenters. The Hall–Kier alpha value is -0.730. The fourth-order valence-corrected chi connectivity index (χ4v) is 1.83. The Labute approximate surface area is 99.7 Å². The molecule has 0 bridgehead atoms. The first-order valence-electron chi connectivity index (χ1n) is 6.46. The molecule has 16 heavy (non-hydrogen) atoms. The van der Waals surface area contributed by atoms with Gasteiger partial charge in [0, 0.05) is 0 Å². The molecule has 96 valence electrons. The Morgan fingerprint density at radius 1 is 1.06 bits per heavy atom. The van der Waals surface area contributed by atoms with Crippen molar-refractivity contribution in [2.45, 2.75) is 77.7 Å². The molecule has 0 saturated heterocycles. The monoisotopic (exact) mass is 229 g/mol. The number of amides is 1. The van der Waals surface area contributed by atoms with E-state index in [1.807, 2.05) is 13.8 Å². The molecule has 3 heteroatoms. The molecule has 0 spiro atoms. The summed E-state index contributed by atoms with van der Waals surface area (Å²) in [6.45, 7) is 6.05. The second kappa shape index (κ2) is 8.43. The smallest absolute Gasteiger partial charge is 0.405 e. The Balaban J connectivity index is 3.39. The van der Waals surface area contributed by atoms with E-state index in [2.05, 4.69) is 6.92 Å². The highest BCUT2D eigenvalue weighted by Gasteiger charge is 2.20. The molecule has 0 aromatic heterocycles. The molecule has 0 aliphatic heterocycles. The lowest BCUT2D eigenvalue weighted by atomic mass is 9.99. The van der Waals surface area contributed by atoms with Gasteiger partial charge in [-0.05, 0) is 26.7 Å². The van der Waals surface area contributed by atoms with E-state index >= 15 is 0 Å². The van der Waals surface area contributed by atoms with Crippen LogP contribution in [-0.4, -0.2) is 11.7 Å². The molecule has 1 amide bonds. The largest absolute Gasteiger partial charge is 0.444 e. The zero-order valence-corrected chi connectivity index (χ0v) is 11.1. The number of hydrogen-bond donors (Lipinski definition) is 1. The maximum Gasteiger partial charge on any atom is 0.405 e. The van der Waals surface area contributed by atoms with Crippen molar-refractivity contribution in [1.29, 1.82) is 0 Å². The number of nitrogens with two attached hydrogens (primary N) is 1. The average molecular weight is 229 g/mol. The Bertz CT molecular complexity index is 190. The summed E-state index contributed by atoms with van der Waals surface area (Å²) < 4.78 is 5.02. The van der Waals surface area contributed by atoms with E-state index in [-0.39, 0.29) is 0 Å². The van der Waals surface area contributed by atoms with E-state index in [0.717, 1.165) is 12.8 Å². The number of carbonyl (C=O) groups excluding carboxylic acids is 1. The quantitative estimate of drug-likeness (QED) is 0.607. The summed E-state index contributed by atoms with van der Waals surface area (Å²) in [5.74, 6) is 0. The number of unbranched alkanes of at least 4 members (excludes halogenated alkanes) is 6. The molecule has 0 aliphatic rings. The molecule has 0 aromatic rings. The van der Waals surface area contributed by atoms with Crippen LogP contribution in [0.4, 0.5) is 4.79 Å². The Morgan fingerprint density at radius 3 is 2.06 bits per heavy atom. The van der Waals surface area contributed by atoms with Crippen molar-refractivity contribution in [2.75, 3.05) is 0 Å². The van der Waals surface area contributed by atoms with Crippen LogP contribution in [0.25, 0.3) is 0 Å². The van der Waals surface area contributed by atoms with E-state index in [0.29, 0.717) is 0 Å². The predicted molar refractivity (Wildman–Crippen MR) is 67.4 cm³/mol. The third-order valence-corrected chi connectivity index (χ3v) is 2.76. The van der Waals surface area contributed by atoms with Crippen LogP contribution in [0.2, 0.25) is 0 Å². The number of hydrogen-bond acceptors (Lipinski definition) is 2. The zero-order valence-electron chi connectivity index (χ0n) is 11.1. The molecule has 0 fully saturated rings. The summed E-state index contributed by atoms with van der Waals surface area (Å²) in [5, 5.41) is 0. The van der Waals surface area contributed by atoms with Crippen molar-refractivity contribution in [2.24, 2.45) is 5.73 Å². The number of primary amides is 1. The normalized spacial score (nSPS) is 11.4. The highest BCUT2D eigenvalue weighted by atomic mass is 16.6. The van der Waals surface area contributed by atoms with Crippen molar-refractivity contribution >= 4 is 6.09 Å². The molecular weight excluding hydrogens is 202 g/mol. The van der Waals surface area contributed by atoms with Gasteiger partial charge in [-0.1, -0.05) is 45.4 Å². The van der Waals surface area contributed by atoms with Gasteiger partial charge in [0.2, 0.25) is 0 Å². The van der Waals surface area contributed by atoms with Gasteiger partial charge >= 0.3 is 6.09 Å². The molecule has 3 nitrogen and oxygen atoms in total. The lowest BCUT2D eigenvalue weighted by Crippen LogP contribution is -2.30. The predicted octanol–water partition coefficient (Wildman–Crippen LogP) is 4.00. The second-order valence-corrected chi connectivity index (χ2v) is 5.05. The van der Waals surface area contributed by atoms with Gasteiger partial charge in [0.25, 0.3) is 0 Å². The SMILES string of the molecule is CCCCCCCCCC(C)(C)OC(N)=O. The average Bonchev–Trinajstić information content (AvgIpc) is 2.14. The first-order chi connectivity index (χ1) is 7.48. The lowest BCUT2D eigenvalue weighted by Gasteiger charge is -2.23. The highest BCUT2D eigenvalue weighted by molar-refractivity contribution is 5.65. The van der Waals surface area contributed by atoms with Crippen molar-refractivity contribution in [3.05, 3.63) is 0 Å². The van der Waals surface area contributed by atoms with Crippen LogP contribution >= 0.6 is 0 Å². The van der Waals surface area contributed by atoms with Gasteiger partial charge in [-0.25, -0.2) is 4.79 Å². The minimum atomic E-state index is -0.673. The Morgan fingerprint density at radius 2 is 1.56 bits per heavy atom. The van der Waals surface area contributed by atoms with Crippen LogP contribution in [0, 0.1) is 0 Å². The van der Waals surface area contributed by atoms with Gasteiger partial charge in [0.15, 0.2) is 0 Å². The standard InChI is InChI=1S/C13H27NO2/c1-4-5-6-7-8-9-10-11-13(2,3)16-12(14)15/h4-11H2,1-3H3,(H2,14,15). The van der Waals surface area contributed by atoms with Gasteiger partial charge in [0.1, 0.15) is 5.60 Å². The van der Waals surface area contributed by atoms with E-state index in [1.54, 1.807) is 0 Å². The summed E-state index contributed by atoms with van der Waals surface area (Å²) >= 11 is 0. The number of rotatable bonds is 9. The van der Waals surface area contributed by atoms with E-state index in [1.165, 1.54) is 38.5 Å². The van der Waals surface area contributed by atoms with Crippen LogP contribution in [0.5, 0.6) is 0 Å². The van der Waals surface area contributed by atoms with Crippen LogP contribution < -0.4 is 5.73 Å². The van der Waals surface area contributed by atoms with E-state index < -0.39 is 11.7 Å². The van der Waals surface area contributed by atoms with Crippen LogP contribution in [0.3, 0.4) is 0 Å². The molecule has 0 saturated carbocycles. The van der Waals surface area contributed by atoms with Crippen LogP contribution in [0.15, 0.2) is 0 Å². The van der Waals surface area contributed by atoms with Gasteiger partial charge in [0.05, 0.1) is 0 Å². The van der Waals surface area contributed by atoms with Crippen molar-refractivity contribution in [3.63, 3.8) is 0 Å². The topological polar surface area (TPSA) is 52.3 Å². The van der Waals surface area contributed by atoms with Gasteiger partial charge in [-0.15, -0.1) is 0 Å². The highest BCUT2D eigenvalue weighted by Crippen LogP contribution is 2.19. The molecule has 2 N–H and O–H groups in total. The zero-order chi connectivity index (χ0) is 12.4. The van der Waals surface area contributed by atoms with Gasteiger partial charge < -0.3 is 10.5 Å². The fourth-order valence-electron chi connectivity index (χ4n) is 1.83. The molecular formula is C13H27NO2. The third-order valence-electron chi connectivity index (χ3n) is 2.76. The number of ether oxygens (including phenoxy) is 1. The summed E-state index contributed by atoms with van der Waals surface area (Å²) in [4.78, 5) is 10.6. The van der Waals surface area contributed by atoms with Crippen LogP contribution in [-0.2, 0) is 4.74 Å². The van der Waals surface area contributed by atoms with Gasteiger partial charge in [-0.3, -0.25) is 0 Å². The number of carbonyl (C=O) groups is 1. The second-order valence-electron chi connectivity index (χ2n) is 5.05. The summed E-state index contributed by atoms with van der Waals surface area (Å²) in [5.41, 5.74) is 4.60.